The lowest BCUT2D eigenvalue weighted by Crippen LogP contribution is -2.15. The topological polar surface area (TPSA) is 110 Å². The number of esters is 1. The number of ether oxygens (including phenoxy) is 1. The van der Waals surface area contributed by atoms with Crippen LogP contribution >= 0.6 is 11.8 Å². The first-order valence-corrected chi connectivity index (χ1v) is 10.5. The molecule has 164 valence electrons. The Labute approximate surface area is 187 Å². The molecule has 0 aliphatic carbocycles. The van der Waals surface area contributed by atoms with Gasteiger partial charge in [-0.1, -0.05) is 17.8 Å². The van der Waals surface area contributed by atoms with Gasteiger partial charge < -0.3 is 15.4 Å². The molecule has 2 aromatic carbocycles. The van der Waals surface area contributed by atoms with Crippen molar-refractivity contribution < 1.29 is 23.5 Å². The Kier molecular flexibility index (Phi) is 7.87. The Bertz CT molecular complexity index is 1110. The van der Waals surface area contributed by atoms with Gasteiger partial charge in [0.1, 0.15) is 10.8 Å². The van der Waals surface area contributed by atoms with Gasteiger partial charge in [-0.2, -0.15) is 0 Å². The summed E-state index contributed by atoms with van der Waals surface area (Å²) in [4.78, 5) is 35.9. The number of aromatic nitrogens is 2. The van der Waals surface area contributed by atoms with Gasteiger partial charge >= 0.3 is 5.97 Å². The summed E-state index contributed by atoms with van der Waals surface area (Å²) >= 11 is 1.17. The van der Waals surface area contributed by atoms with Crippen molar-refractivity contribution in [2.24, 2.45) is 0 Å². The summed E-state index contributed by atoms with van der Waals surface area (Å²) in [6, 6.07) is 14.8. The highest BCUT2D eigenvalue weighted by Crippen LogP contribution is 2.17. The number of carbonyl (C=O) groups is 3. The van der Waals surface area contributed by atoms with Crippen molar-refractivity contribution in [3.63, 3.8) is 0 Å². The Morgan fingerprint density at radius 2 is 1.75 bits per heavy atom. The summed E-state index contributed by atoms with van der Waals surface area (Å²) in [7, 11) is 0. The lowest BCUT2D eigenvalue weighted by Gasteiger charge is -2.07. The van der Waals surface area contributed by atoms with Gasteiger partial charge in [-0.05, 0) is 61.5 Å². The molecule has 0 saturated heterocycles. The van der Waals surface area contributed by atoms with E-state index in [9.17, 15) is 18.8 Å². The van der Waals surface area contributed by atoms with Crippen molar-refractivity contribution in [2.45, 2.75) is 11.9 Å². The minimum Gasteiger partial charge on any atom is -0.462 e. The van der Waals surface area contributed by atoms with Crippen molar-refractivity contribution >= 4 is 41.1 Å². The maximum Gasteiger partial charge on any atom is 0.338 e. The highest BCUT2D eigenvalue weighted by molar-refractivity contribution is 7.99. The number of carbonyl (C=O) groups excluding carboxylic acids is 3. The Morgan fingerprint density at radius 1 is 0.969 bits per heavy atom. The largest absolute Gasteiger partial charge is 0.462 e. The van der Waals surface area contributed by atoms with Crippen LogP contribution < -0.4 is 10.6 Å². The number of anilines is 2. The van der Waals surface area contributed by atoms with Gasteiger partial charge in [-0.25, -0.2) is 9.18 Å². The van der Waals surface area contributed by atoms with Crippen molar-refractivity contribution in [2.75, 3.05) is 23.0 Å². The summed E-state index contributed by atoms with van der Waals surface area (Å²) in [6.45, 7) is 2.02. The number of benzene rings is 2. The molecule has 0 radical (unpaired) electrons. The van der Waals surface area contributed by atoms with E-state index in [2.05, 4.69) is 20.8 Å². The summed E-state index contributed by atoms with van der Waals surface area (Å²) in [5.41, 5.74) is 1.11. The average molecular weight is 454 g/mol. The molecule has 1 aromatic heterocycles. The fraction of sp³-hybridized carbons (Fsp3) is 0.136. The molecular formula is C22H19FN4O4S. The number of halogens is 1. The number of amides is 2. The molecule has 0 spiro atoms. The molecule has 3 aromatic rings. The van der Waals surface area contributed by atoms with Crippen molar-refractivity contribution in [1.82, 2.24) is 10.2 Å². The van der Waals surface area contributed by atoms with Crippen LogP contribution in [0.2, 0.25) is 0 Å². The molecule has 8 nitrogen and oxygen atoms in total. The zero-order valence-electron chi connectivity index (χ0n) is 17.0. The zero-order valence-corrected chi connectivity index (χ0v) is 17.8. The maximum atomic E-state index is 13.2. The number of thioether (sulfide) groups is 1. The Hall–Kier alpha value is -3.79. The van der Waals surface area contributed by atoms with Gasteiger partial charge in [-0.15, -0.1) is 10.2 Å². The number of hydrogen-bond acceptors (Lipinski definition) is 7. The van der Waals surface area contributed by atoms with E-state index in [4.69, 9.17) is 4.74 Å². The minimum absolute atomic E-state index is 0.0866. The van der Waals surface area contributed by atoms with E-state index in [0.29, 0.717) is 16.3 Å². The lowest BCUT2D eigenvalue weighted by molar-refractivity contribution is -0.113. The minimum atomic E-state index is -0.510. The van der Waals surface area contributed by atoms with Gasteiger partial charge in [0.05, 0.1) is 17.9 Å². The Morgan fingerprint density at radius 3 is 2.41 bits per heavy atom. The summed E-state index contributed by atoms with van der Waals surface area (Å²) in [5.74, 6) is -1.41. The van der Waals surface area contributed by atoms with E-state index in [1.165, 1.54) is 30.0 Å². The van der Waals surface area contributed by atoms with Crippen molar-refractivity contribution in [3.05, 3.63) is 77.6 Å². The fourth-order valence-electron chi connectivity index (χ4n) is 2.52. The molecule has 2 amide bonds. The second-order valence-electron chi connectivity index (χ2n) is 6.36. The van der Waals surface area contributed by atoms with Crippen LogP contribution in [0.4, 0.5) is 15.9 Å². The quantitative estimate of drug-likeness (QED) is 0.394. The van der Waals surface area contributed by atoms with E-state index < -0.39 is 17.7 Å². The van der Waals surface area contributed by atoms with E-state index in [1.54, 1.807) is 43.3 Å². The van der Waals surface area contributed by atoms with E-state index >= 15 is 0 Å². The zero-order chi connectivity index (χ0) is 22.9. The number of nitrogens with zero attached hydrogens (tertiary/aromatic N) is 2. The van der Waals surface area contributed by atoms with E-state index in [1.807, 2.05) is 0 Å². The average Bonchev–Trinajstić information content (AvgIpc) is 2.79. The van der Waals surface area contributed by atoms with Gasteiger partial charge in [-0.3, -0.25) is 9.59 Å². The first-order valence-electron chi connectivity index (χ1n) is 9.55. The molecular weight excluding hydrogens is 435 g/mol. The first kappa shape index (κ1) is 22.9. The molecule has 0 atom stereocenters. The molecule has 3 rings (SSSR count). The van der Waals surface area contributed by atoms with Gasteiger partial charge in [0, 0.05) is 11.3 Å². The third-order valence-electron chi connectivity index (χ3n) is 4.00. The third-order valence-corrected chi connectivity index (χ3v) is 4.92. The predicted molar refractivity (Wildman–Crippen MR) is 118 cm³/mol. The standard InChI is InChI=1S/C22H19FN4O4S/c1-2-31-22(30)14-6-8-17(9-7-14)24-19(28)13-32-20-11-10-18(26-27-20)25-21(29)15-4-3-5-16(23)12-15/h3-12H,2,13H2,1H3,(H,24,28)(H,25,26,29). The molecule has 1 heterocycles. The third kappa shape index (κ3) is 6.61. The van der Waals surface area contributed by atoms with Crippen LogP contribution in [0.3, 0.4) is 0 Å². The SMILES string of the molecule is CCOC(=O)c1ccc(NC(=O)CSc2ccc(NC(=O)c3cccc(F)c3)nn2)cc1. The van der Waals surface area contributed by atoms with Crippen molar-refractivity contribution in [1.29, 1.82) is 0 Å². The molecule has 0 fully saturated rings. The van der Waals surface area contributed by atoms with Crippen molar-refractivity contribution in [3.8, 4) is 0 Å². The monoisotopic (exact) mass is 454 g/mol. The summed E-state index contributed by atoms with van der Waals surface area (Å²) < 4.78 is 18.1. The van der Waals surface area contributed by atoms with Crippen LogP contribution in [0.15, 0.2) is 65.7 Å². The number of rotatable bonds is 8. The van der Waals surface area contributed by atoms with Crippen LogP contribution in [0.5, 0.6) is 0 Å². The second-order valence-corrected chi connectivity index (χ2v) is 7.35. The smallest absolute Gasteiger partial charge is 0.338 e. The van der Waals surface area contributed by atoms with Crippen LogP contribution in [0.1, 0.15) is 27.6 Å². The van der Waals surface area contributed by atoms with E-state index in [-0.39, 0.29) is 29.6 Å². The van der Waals surface area contributed by atoms with Gasteiger partial charge in [0.15, 0.2) is 5.82 Å². The second kappa shape index (κ2) is 11.0. The molecule has 2 N–H and O–H groups in total. The van der Waals surface area contributed by atoms with Crippen LogP contribution in [0.25, 0.3) is 0 Å². The van der Waals surface area contributed by atoms with Gasteiger partial charge in [0.25, 0.3) is 5.91 Å². The molecule has 0 aliphatic rings. The lowest BCUT2D eigenvalue weighted by atomic mass is 10.2. The van der Waals surface area contributed by atoms with Crippen LogP contribution in [-0.2, 0) is 9.53 Å². The van der Waals surface area contributed by atoms with Gasteiger partial charge in [0.2, 0.25) is 5.91 Å². The number of nitrogens with one attached hydrogen (secondary N) is 2. The molecule has 0 bridgehead atoms. The Balaban J connectivity index is 1.48. The highest BCUT2D eigenvalue weighted by atomic mass is 32.2. The molecule has 0 saturated carbocycles. The van der Waals surface area contributed by atoms with E-state index in [0.717, 1.165) is 6.07 Å². The summed E-state index contributed by atoms with van der Waals surface area (Å²) in [5, 5.41) is 13.6. The number of hydrogen-bond donors (Lipinski definition) is 2. The molecule has 0 unspecified atom stereocenters. The summed E-state index contributed by atoms with van der Waals surface area (Å²) in [6.07, 6.45) is 0. The highest BCUT2D eigenvalue weighted by Gasteiger charge is 2.10. The normalized spacial score (nSPS) is 10.3. The molecule has 32 heavy (non-hydrogen) atoms. The molecule has 10 heteroatoms. The fourth-order valence-corrected chi connectivity index (χ4v) is 3.14. The molecule has 0 aliphatic heterocycles. The van der Waals surface area contributed by atoms with Crippen LogP contribution in [-0.4, -0.2) is 40.3 Å². The van der Waals surface area contributed by atoms with Crippen LogP contribution in [0, 0.1) is 5.82 Å². The maximum absolute atomic E-state index is 13.2. The first-order chi connectivity index (χ1) is 15.4. The predicted octanol–water partition coefficient (Wildman–Crippen LogP) is 3.78.